The van der Waals surface area contributed by atoms with Gasteiger partial charge in [-0.3, -0.25) is 0 Å². The fraction of sp³-hybridized carbons (Fsp3) is 1.00. The van der Waals surface area contributed by atoms with Gasteiger partial charge in [-0.25, -0.2) is 0 Å². The van der Waals surface area contributed by atoms with Crippen molar-refractivity contribution in [3.05, 3.63) is 0 Å². The first-order chi connectivity index (χ1) is 14.4. The Morgan fingerprint density at radius 1 is 0.633 bits per heavy atom. The van der Waals surface area contributed by atoms with Crippen LogP contribution in [0, 0.1) is 11.8 Å². The highest BCUT2D eigenvalue weighted by atomic mass is 35.5. The second-order valence-corrected chi connectivity index (χ2v) is 9.81. The summed E-state index contributed by atoms with van der Waals surface area (Å²) in [5.74, 6) is 2.07. The number of nitrogens with one attached hydrogen (secondary N) is 3. The molecule has 2 fully saturated rings. The number of halogens is 1. The molecule has 0 radical (unpaired) electrons. The topological polar surface area (TPSA) is 62.1 Å². The van der Waals surface area contributed by atoms with E-state index in [2.05, 4.69) is 16.0 Å². The Bertz CT molecular complexity index is 333. The van der Waals surface area contributed by atoms with E-state index in [1.54, 1.807) is 0 Å². The summed E-state index contributed by atoms with van der Waals surface area (Å²) in [7, 11) is 0. The maximum absolute atomic E-state index is 5.51. The van der Waals surface area contributed by atoms with Gasteiger partial charge in [-0.1, -0.05) is 89.9 Å². The van der Waals surface area contributed by atoms with Gasteiger partial charge in [0.2, 0.25) is 0 Å². The van der Waals surface area contributed by atoms with Gasteiger partial charge in [-0.15, -0.1) is 12.4 Å². The lowest BCUT2D eigenvalue weighted by Gasteiger charge is -2.25. The van der Waals surface area contributed by atoms with E-state index < -0.39 is 0 Å². The average molecular weight is 445 g/mol. The number of hydrogen-bond donors (Lipinski definition) is 4. The van der Waals surface area contributed by atoms with Gasteiger partial charge in [0.15, 0.2) is 0 Å². The highest BCUT2D eigenvalue weighted by molar-refractivity contribution is 5.85. The molecule has 2 rings (SSSR count). The van der Waals surface area contributed by atoms with E-state index in [-0.39, 0.29) is 12.4 Å². The fourth-order valence-electron chi connectivity index (χ4n) is 5.50. The zero-order valence-electron chi connectivity index (χ0n) is 19.8. The monoisotopic (exact) mass is 444 g/mol. The van der Waals surface area contributed by atoms with Crippen molar-refractivity contribution in [1.82, 2.24) is 16.0 Å². The molecule has 0 atom stereocenters. The molecule has 0 aromatic heterocycles. The lowest BCUT2D eigenvalue weighted by molar-refractivity contribution is 0.304. The summed E-state index contributed by atoms with van der Waals surface area (Å²) in [4.78, 5) is 0. The lowest BCUT2D eigenvalue weighted by Crippen LogP contribution is -2.37. The SMILES string of the molecule is Cl.NCCNCCNCCNC(CCCC1CCCCC1)CCCC1CCCCC1. The molecule has 0 unspecified atom stereocenters. The second kappa shape index (κ2) is 19.8. The van der Waals surface area contributed by atoms with Gasteiger partial charge < -0.3 is 21.7 Å². The van der Waals surface area contributed by atoms with Crippen LogP contribution in [-0.2, 0) is 0 Å². The van der Waals surface area contributed by atoms with E-state index in [1.807, 2.05) is 0 Å². The summed E-state index contributed by atoms with van der Waals surface area (Å²) in [5, 5.41) is 10.8. The maximum atomic E-state index is 5.51. The van der Waals surface area contributed by atoms with E-state index in [9.17, 15) is 0 Å². The number of hydrogen-bond acceptors (Lipinski definition) is 4. The summed E-state index contributed by atoms with van der Waals surface area (Å²) < 4.78 is 0. The van der Waals surface area contributed by atoms with Crippen LogP contribution in [0.2, 0.25) is 0 Å². The van der Waals surface area contributed by atoms with E-state index in [0.29, 0.717) is 0 Å². The fourth-order valence-corrected chi connectivity index (χ4v) is 5.50. The van der Waals surface area contributed by atoms with E-state index in [1.165, 1.54) is 103 Å². The van der Waals surface area contributed by atoms with Crippen molar-refractivity contribution in [3.63, 3.8) is 0 Å². The first kappa shape index (κ1) is 28.2. The Morgan fingerprint density at radius 2 is 1.10 bits per heavy atom. The third-order valence-electron chi connectivity index (χ3n) is 7.31. The van der Waals surface area contributed by atoms with Crippen LogP contribution in [0.1, 0.15) is 103 Å². The van der Waals surface area contributed by atoms with Crippen LogP contribution >= 0.6 is 12.4 Å². The van der Waals surface area contributed by atoms with Crippen molar-refractivity contribution in [2.24, 2.45) is 17.6 Å². The molecule has 2 aliphatic carbocycles. The van der Waals surface area contributed by atoms with Crippen molar-refractivity contribution in [2.75, 3.05) is 39.3 Å². The van der Waals surface area contributed by atoms with Crippen LogP contribution in [0.25, 0.3) is 0 Å². The predicted molar refractivity (Wildman–Crippen MR) is 135 cm³/mol. The Balaban J connectivity index is 0.00000450. The average Bonchev–Trinajstić information content (AvgIpc) is 2.76. The van der Waals surface area contributed by atoms with E-state index in [0.717, 1.165) is 57.1 Å². The third kappa shape index (κ3) is 14.2. The zero-order valence-corrected chi connectivity index (χ0v) is 20.6. The zero-order chi connectivity index (χ0) is 20.4. The third-order valence-corrected chi connectivity index (χ3v) is 7.31. The highest BCUT2D eigenvalue weighted by Crippen LogP contribution is 2.29. The second-order valence-electron chi connectivity index (χ2n) is 9.81. The molecule has 30 heavy (non-hydrogen) atoms. The first-order valence-electron chi connectivity index (χ1n) is 13.2. The molecule has 0 aromatic carbocycles. The van der Waals surface area contributed by atoms with E-state index >= 15 is 0 Å². The summed E-state index contributed by atoms with van der Waals surface area (Å²) in [5.41, 5.74) is 5.51. The van der Waals surface area contributed by atoms with Gasteiger partial charge >= 0.3 is 0 Å². The largest absolute Gasteiger partial charge is 0.329 e. The van der Waals surface area contributed by atoms with Crippen molar-refractivity contribution in [1.29, 1.82) is 0 Å². The minimum atomic E-state index is 0. The van der Waals surface area contributed by atoms with Crippen molar-refractivity contribution >= 4 is 12.4 Å². The molecule has 0 heterocycles. The summed E-state index contributed by atoms with van der Waals surface area (Å²) >= 11 is 0. The lowest BCUT2D eigenvalue weighted by atomic mass is 9.84. The molecule has 5 N–H and O–H groups in total. The molecule has 0 amide bonds. The smallest absolute Gasteiger partial charge is 0.00793 e. The molecule has 0 spiro atoms. The molecule has 180 valence electrons. The van der Waals surface area contributed by atoms with Crippen LogP contribution in [0.15, 0.2) is 0 Å². The van der Waals surface area contributed by atoms with Crippen molar-refractivity contribution in [2.45, 2.75) is 109 Å². The standard InChI is InChI=1S/C25H52N4.ClH/c26-17-18-27-19-20-28-21-22-29-25(15-7-13-23-9-3-1-4-10-23)16-8-14-24-11-5-2-6-12-24;/h23-25,27-29H,1-22,26H2;1H. The van der Waals surface area contributed by atoms with Gasteiger partial charge in [0.1, 0.15) is 0 Å². The van der Waals surface area contributed by atoms with Gasteiger partial charge in [-0.05, 0) is 24.7 Å². The summed E-state index contributed by atoms with van der Waals surface area (Å²) in [6.45, 7) is 5.88. The van der Waals surface area contributed by atoms with Gasteiger partial charge in [0.25, 0.3) is 0 Å². The van der Waals surface area contributed by atoms with Crippen molar-refractivity contribution in [3.8, 4) is 0 Å². The molecule has 4 nitrogen and oxygen atoms in total. The van der Waals surface area contributed by atoms with Gasteiger partial charge in [-0.2, -0.15) is 0 Å². The van der Waals surface area contributed by atoms with Crippen molar-refractivity contribution < 1.29 is 0 Å². The van der Waals surface area contributed by atoms with Crippen LogP contribution in [-0.4, -0.2) is 45.3 Å². The Hall–Kier alpha value is 0.130. The summed E-state index contributed by atoms with van der Waals surface area (Å²) in [6.07, 6.45) is 23.5. The predicted octanol–water partition coefficient (Wildman–Crippen LogP) is 5.01. The number of nitrogens with two attached hydrogens (primary N) is 1. The number of rotatable bonds is 17. The van der Waals surface area contributed by atoms with Gasteiger partial charge in [0.05, 0.1) is 0 Å². The molecule has 5 heteroatoms. The first-order valence-corrected chi connectivity index (χ1v) is 13.2. The quantitative estimate of drug-likeness (QED) is 0.238. The van der Waals surface area contributed by atoms with Crippen LogP contribution in [0.3, 0.4) is 0 Å². The minimum absolute atomic E-state index is 0. The van der Waals surface area contributed by atoms with Crippen LogP contribution in [0.4, 0.5) is 0 Å². The van der Waals surface area contributed by atoms with Gasteiger partial charge in [0, 0.05) is 45.3 Å². The molecular weight excluding hydrogens is 392 g/mol. The molecule has 2 aliphatic rings. The Kier molecular flexibility index (Phi) is 18.6. The van der Waals surface area contributed by atoms with Crippen LogP contribution in [0.5, 0.6) is 0 Å². The maximum Gasteiger partial charge on any atom is 0.00793 e. The molecule has 0 saturated heterocycles. The Morgan fingerprint density at radius 3 is 1.60 bits per heavy atom. The van der Waals surface area contributed by atoms with E-state index in [4.69, 9.17) is 5.73 Å². The normalized spacial score (nSPS) is 18.6. The molecule has 2 saturated carbocycles. The molecule has 0 bridgehead atoms. The highest BCUT2D eigenvalue weighted by Gasteiger charge is 2.16. The minimum Gasteiger partial charge on any atom is -0.329 e. The molecule has 0 aromatic rings. The van der Waals surface area contributed by atoms with Crippen LogP contribution < -0.4 is 21.7 Å². The summed E-state index contributed by atoms with van der Waals surface area (Å²) in [6, 6.07) is 0.736. The molecule has 0 aliphatic heterocycles. The Labute approximate surface area is 194 Å². The molecular formula is C25H53ClN4.